The Labute approximate surface area is 161 Å². The van der Waals surface area contributed by atoms with Crippen LogP contribution in [0.25, 0.3) is 0 Å². The van der Waals surface area contributed by atoms with Crippen molar-refractivity contribution >= 4 is 23.2 Å². The van der Waals surface area contributed by atoms with Crippen LogP contribution in [0.1, 0.15) is 26.3 Å². The van der Waals surface area contributed by atoms with Crippen LogP contribution >= 0.6 is 0 Å². The van der Waals surface area contributed by atoms with Crippen LogP contribution in [-0.2, 0) is 15.0 Å². The van der Waals surface area contributed by atoms with Crippen molar-refractivity contribution in [1.29, 1.82) is 0 Å². The number of carbonyl (C=O) groups is 2. The van der Waals surface area contributed by atoms with Gasteiger partial charge in [-0.05, 0) is 29.2 Å². The van der Waals surface area contributed by atoms with Crippen LogP contribution in [-0.4, -0.2) is 42.9 Å². The standard InChI is InChI=1S/C22H27N3O2/c1-22(2,3)18-11-7-8-12-19(18)24-13-15-25(16-14-24)21(27)20(26)23-17-9-5-4-6-10-17/h4-12H,13-16H2,1-3H3,(H,23,26). The van der Waals surface area contributed by atoms with E-state index in [0.29, 0.717) is 18.8 Å². The molecule has 1 aliphatic heterocycles. The first kappa shape index (κ1) is 19.0. The van der Waals surface area contributed by atoms with Gasteiger partial charge in [-0.15, -0.1) is 0 Å². The molecule has 1 saturated heterocycles. The largest absolute Gasteiger partial charge is 0.368 e. The number of nitrogens with one attached hydrogen (secondary N) is 1. The maximum absolute atomic E-state index is 12.5. The first-order valence-corrected chi connectivity index (χ1v) is 9.36. The van der Waals surface area contributed by atoms with Gasteiger partial charge in [-0.25, -0.2) is 0 Å². The second-order valence-corrected chi connectivity index (χ2v) is 7.87. The topological polar surface area (TPSA) is 52.7 Å². The predicted octanol–water partition coefficient (Wildman–Crippen LogP) is 3.27. The molecule has 1 heterocycles. The number of para-hydroxylation sites is 2. The van der Waals surface area contributed by atoms with E-state index in [1.807, 2.05) is 18.2 Å². The smallest absolute Gasteiger partial charge is 0.313 e. The van der Waals surface area contributed by atoms with Crippen molar-refractivity contribution in [2.45, 2.75) is 26.2 Å². The Morgan fingerprint density at radius 1 is 0.852 bits per heavy atom. The molecule has 5 nitrogen and oxygen atoms in total. The van der Waals surface area contributed by atoms with Gasteiger partial charge in [-0.2, -0.15) is 0 Å². The minimum atomic E-state index is -0.579. The summed E-state index contributed by atoms with van der Waals surface area (Å²) in [5.74, 6) is -1.05. The number of rotatable bonds is 2. The fourth-order valence-corrected chi connectivity index (χ4v) is 3.38. The minimum Gasteiger partial charge on any atom is -0.368 e. The summed E-state index contributed by atoms with van der Waals surface area (Å²) in [4.78, 5) is 28.6. The molecule has 0 atom stereocenters. The number of piperazine rings is 1. The van der Waals surface area contributed by atoms with E-state index in [1.165, 1.54) is 11.3 Å². The molecule has 0 spiro atoms. The van der Waals surface area contributed by atoms with E-state index >= 15 is 0 Å². The van der Waals surface area contributed by atoms with Gasteiger partial charge >= 0.3 is 11.8 Å². The Bertz CT molecular complexity index is 804. The van der Waals surface area contributed by atoms with E-state index in [9.17, 15) is 9.59 Å². The van der Waals surface area contributed by atoms with Crippen LogP contribution in [0.2, 0.25) is 0 Å². The SMILES string of the molecule is CC(C)(C)c1ccccc1N1CCN(C(=O)C(=O)Nc2ccccc2)CC1. The summed E-state index contributed by atoms with van der Waals surface area (Å²) in [5, 5.41) is 2.67. The minimum absolute atomic E-state index is 0.0547. The normalized spacial score (nSPS) is 14.8. The highest BCUT2D eigenvalue weighted by molar-refractivity contribution is 6.39. The average molecular weight is 365 g/mol. The molecule has 5 heteroatoms. The molecule has 0 bridgehead atoms. The molecule has 2 amide bonds. The zero-order valence-corrected chi connectivity index (χ0v) is 16.2. The molecule has 0 aromatic heterocycles. The third-order valence-corrected chi connectivity index (χ3v) is 4.85. The van der Waals surface area contributed by atoms with Crippen molar-refractivity contribution in [3.05, 3.63) is 60.2 Å². The van der Waals surface area contributed by atoms with Crippen LogP contribution in [0.5, 0.6) is 0 Å². The number of hydrogen-bond donors (Lipinski definition) is 1. The van der Waals surface area contributed by atoms with Gasteiger partial charge in [0, 0.05) is 37.6 Å². The molecular weight excluding hydrogens is 338 g/mol. The third kappa shape index (κ3) is 4.48. The molecule has 0 saturated carbocycles. The fourth-order valence-electron chi connectivity index (χ4n) is 3.38. The molecular formula is C22H27N3O2. The summed E-state index contributed by atoms with van der Waals surface area (Å²) in [6.45, 7) is 9.15. The highest BCUT2D eigenvalue weighted by Crippen LogP contribution is 2.32. The van der Waals surface area contributed by atoms with Crippen LogP contribution in [0.4, 0.5) is 11.4 Å². The number of carbonyl (C=O) groups excluding carboxylic acids is 2. The molecule has 27 heavy (non-hydrogen) atoms. The highest BCUT2D eigenvalue weighted by atomic mass is 16.2. The molecule has 1 aliphatic rings. The highest BCUT2D eigenvalue weighted by Gasteiger charge is 2.28. The molecule has 142 valence electrons. The zero-order valence-electron chi connectivity index (χ0n) is 16.2. The van der Waals surface area contributed by atoms with Crippen LogP contribution < -0.4 is 10.2 Å². The lowest BCUT2D eigenvalue weighted by Gasteiger charge is -2.38. The zero-order chi connectivity index (χ0) is 19.4. The number of hydrogen-bond acceptors (Lipinski definition) is 3. The average Bonchev–Trinajstić information content (AvgIpc) is 2.67. The van der Waals surface area contributed by atoms with Gasteiger partial charge in [0.2, 0.25) is 0 Å². The first-order chi connectivity index (χ1) is 12.9. The van der Waals surface area contributed by atoms with E-state index in [-0.39, 0.29) is 5.41 Å². The second kappa shape index (κ2) is 7.82. The molecule has 1 fully saturated rings. The molecule has 2 aromatic rings. The van der Waals surface area contributed by atoms with Crippen LogP contribution in [0, 0.1) is 0 Å². The fraction of sp³-hybridized carbons (Fsp3) is 0.364. The predicted molar refractivity (Wildman–Crippen MR) is 109 cm³/mol. The quantitative estimate of drug-likeness (QED) is 0.831. The Kier molecular flexibility index (Phi) is 5.49. The third-order valence-electron chi connectivity index (χ3n) is 4.85. The number of anilines is 2. The van der Waals surface area contributed by atoms with Gasteiger partial charge in [-0.3, -0.25) is 9.59 Å². The van der Waals surface area contributed by atoms with Crippen molar-refractivity contribution in [2.24, 2.45) is 0 Å². The molecule has 0 unspecified atom stereocenters. The summed E-state index contributed by atoms with van der Waals surface area (Å²) in [6.07, 6.45) is 0. The van der Waals surface area contributed by atoms with Gasteiger partial charge in [0.15, 0.2) is 0 Å². The van der Waals surface area contributed by atoms with E-state index in [4.69, 9.17) is 0 Å². The van der Waals surface area contributed by atoms with E-state index in [1.54, 1.807) is 17.0 Å². The van der Waals surface area contributed by atoms with Crippen molar-refractivity contribution in [3.63, 3.8) is 0 Å². The number of amides is 2. The first-order valence-electron chi connectivity index (χ1n) is 9.36. The van der Waals surface area contributed by atoms with Gasteiger partial charge in [0.1, 0.15) is 0 Å². The Balaban J connectivity index is 1.62. The van der Waals surface area contributed by atoms with Crippen LogP contribution in [0.15, 0.2) is 54.6 Å². The molecule has 0 radical (unpaired) electrons. The lowest BCUT2D eigenvalue weighted by atomic mass is 9.85. The van der Waals surface area contributed by atoms with E-state index in [0.717, 1.165) is 13.1 Å². The monoisotopic (exact) mass is 365 g/mol. The van der Waals surface area contributed by atoms with Crippen molar-refractivity contribution in [2.75, 3.05) is 36.4 Å². The second-order valence-electron chi connectivity index (χ2n) is 7.87. The lowest BCUT2D eigenvalue weighted by Crippen LogP contribution is -2.52. The Morgan fingerprint density at radius 3 is 2.07 bits per heavy atom. The van der Waals surface area contributed by atoms with Gasteiger partial charge in [0.05, 0.1) is 0 Å². The van der Waals surface area contributed by atoms with Crippen LogP contribution in [0.3, 0.4) is 0 Å². The molecule has 3 rings (SSSR count). The van der Waals surface area contributed by atoms with E-state index in [2.05, 4.69) is 55.3 Å². The Morgan fingerprint density at radius 2 is 1.44 bits per heavy atom. The summed E-state index contributed by atoms with van der Waals surface area (Å²) in [6, 6.07) is 17.5. The van der Waals surface area contributed by atoms with Crippen molar-refractivity contribution in [3.8, 4) is 0 Å². The van der Waals surface area contributed by atoms with E-state index < -0.39 is 11.8 Å². The summed E-state index contributed by atoms with van der Waals surface area (Å²) >= 11 is 0. The Hall–Kier alpha value is -2.82. The van der Waals surface area contributed by atoms with Gasteiger partial charge < -0.3 is 15.1 Å². The maximum atomic E-state index is 12.5. The van der Waals surface area contributed by atoms with Gasteiger partial charge in [0.25, 0.3) is 0 Å². The summed E-state index contributed by atoms with van der Waals surface area (Å²) in [5.41, 5.74) is 3.20. The summed E-state index contributed by atoms with van der Waals surface area (Å²) in [7, 11) is 0. The van der Waals surface area contributed by atoms with Gasteiger partial charge in [-0.1, -0.05) is 57.2 Å². The molecule has 0 aliphatic carbocycles. The lowest BCUT2D eigenvalue weighted by molar-refractivity contribution is -0.143. The number of nitrogens with zero attached hydrogens (tertiary/aromatic N) is 2. The summed E-state index contributed by atoms with van der Waals surface area (Å²) < 4.78 is 0. The number of benzene rings is 2. The molecule has 1 N–H and O–H groups in total. The maximum Gasteiger partial charge on any atom is 0.313 e. The van der Waals surface area contributed by atoms with Crippen molar-refractivity contribution < 1.29 is 9.59 Å². The van der Waals surface area contributed by atoms with Crippen molar-refractivity contribution in [1.82, 2.24) is 4.90 Å². The molecule has 2 aromatic carbocycles.